The number of rotatable bonds is 6. The summed E-state index contributed by atoms with van der Waals surface area (Å²) >= 11 is 0. The van der Waals surface area contributed by atoms with Gasteiger partial charge in [0.15, 0.2) is 0 Å². The van der Waals surface area contributed by atoms with E-state index in [1.807, 2.05) is 6.92 Å². The largest absolute Gasteiger partial charge is 0.425 e. The van der Waals surface area contributed by atoms with Crippen LogP contribution in [0, 0.1) is 0 Å². The number of amides is 1. The lowest BCUT2D eigenvalue weighted by atomic mass is 10.3. The Balaban J connectivity index is 3.82. The summed E-state index contributed by atoms with van der Waals surface area (Å²) in [5.41, 5.74) is 0. The normalized spacial score (nSPS) is 13.8. The molecule has 0 aliphatic heterocycles. The van der Waals surface area contributed by atoms with Crippen molar-refractivity contribution < 1.29 is 24.2 Å². The summed E-state index contributed by atoms with van der Waals surface area (Å²) in [6, 6.07) is 0. The molecule has 0 aromatic rings. The van der Waals surface area contributed by atoms with Crippen LogP contribution in [0.4, 0.5) is 4.79 Å². The molecule has 2 atom stereocenters. The molecule has 2 unspecified atom stereocenters. The van der Waals surface area contributed by atoms with Crippen LogP contribution < -0.4 is 5.32 Å². The lowest BCUT2D eigenvalue weighted by Crippen LogP contribution is -2.37. The first-order chi connectivity index (χ1) is 7.49. The lowest BCUT2D eigenvalue weighted by molar-refractivity contribution is -0.165. The highest BCUT2D eigenvalue weighted by atomic mass is 16.7. The van der Waals surface area contributed by atoms with Crippen molar-refractivity contribution in [2.75, 3.05) is 0 Å². The monoisotopic (exact) mass is 233 g/mol. The summed E-state index contributed by atoms with van der Waals surface area (Å²) in [5.74, 6) is -0.418. The fraction of sp³-hybridized carbons (Fsp3) is 0.800. The number of aliphatic hydroxyl groups excluding tert-OH is 1. The van der Waals surface area contributed by atoms with Crippen molar-refractivity contribution in [3.63, 3.8) is 0 Å². The summed E-state index contributed by atoms with van der Waals surface area (Å²) in [6.07, 6.45) is -1.39. The van der Waals surface area contributed by atoms with Gasteiger partial charge in [-0.05, 0) is 12.8 Å². The maximum Gasteiger partial charge on any atom is 0.412 e. The van der Waals surface area contributed by atoms with Crippen molar-refractivity contribution in [1.29, 1.82) is 0 Å². The molecule has 16 heavy (non-hydrogen) atoms. The molecule has 2 N–H and O–H groups in total. The first kappa shape index (κ1) is 14.7. The van der Waals surface area contributed by atoms with Gasteiger partial charge >= 0.3 is 12.1 Å². The second-order valence-electron chi connectivity index (χ2n) is 3.28. The number of hydrogen-bond donors (Lipinski definition) is 2. The number of aliphatic hydroxyl groups is 1. The van der Waals surface area contributed by atoms with E-state index in [0.717, 1.165) is 0 Å². The van der Waals surface area contributed by atoms with Gasteiger partial charge in [0.05, 0.1) is 0 Å². The third-order valence-corrected chi connectivity index (χ3v) is 1.70. The average molecular weight is 233 g/mol. The third kappa shape index (κ3) is 7.05. The number of carbonyl (C=O) groups excluding carboxylic acids is 2. The van der Waals surface area contributed by atoms with Gasteiger partial charge in [-0.25, -0.2) is 4.79 Å². The fourth-order valence-corrected chi connectivity index (χ4v) is 0.895. The van der Waals surface area contributed by atoms with Crippen LogP contribution in [0.15, 0.2) is 0 Å². The Labute approximate surface area is 94.9 Å². The van der Waals surface area contributed by atoms with E-state index in [-0.39, 0.29) is 6.42 Å². The molecular formula is C10H19NO5. The Kier molecular flexibility index (Phi) is 7.28. The molecule has 0 heterocycles. The Hall–Kier alpha value is -1.30. The van der Waals surface area contributed by atoms with Gasteiger partial charge in [-0.2, -0.15) is 0 Å². The van der Waals surface area contributed by atoms with Crippen LogP contribution in [0.3, 0.4) is 0 Å². The second kappa shape index (κ2) is 7.92. The number of esters is 1. The molecule has 0 fully saturated rings. The van der Waals surface area contributed by atoms with Gasteiger partial charge in [0.25, 0.3) is 0 Å². The fourth-order valence-electron chi connectivity index (χ4n) is 0.895. The highest BCUT2D eigenvalue weighted by Crippen LogP contribution is 1.99. The number of nitrogens with one attached hydrogen (secondary N) is 1. The number of carbonyl (C=O) groups is 2. The Bertz CT molecular complexity index is 231. The van der Waals surface area contributed by atoms with E-state index in [1.165, 1.54) is 6.92 Å². The molecule has 1 amide bonds. The first-order valence-corrected chi connectivity index (χ1v) is 5.34. The van der Waals surface area contributed by atoms with Crippen molar-refractivity contribution in [2.24, 2.45) is 0 Å². The molecular weight excluding hydrogens is 214 g/mol. The zero-order valence-corrected chi connectivity index (χ0v) is 9.86. The topological polar surface area (TPSA) is 84.9 Å². The van der Waals surface area contributed by atoms with Gasteiger partial charge in [0.1, 0.15) is 6.23 Å². The number of hydrogen-bond acceptors (Lipinski definition) is 5. The Morgan fingerprint density at radius 1 is 1.31 bits per heavy atom. The molecule has 0 saturated carbocycles. The third-order valence-electron chi connectivity index (χ3n) is 1.70. The minimum absolute atomic E-state index is 0.285. The van der Waals surface area contributed by atoms with Gasteiger partial charge in [-0.3, -0.25) is 10.1 Å². The standard InChI is InChI=1S/C10H19NO5/c1-4-6-9(13)15-7(3)16-10(14)11-8(12)5-2/h7-8,12H,4-6H2,1-3H3,(H,11,14). The lowest BCUT2D eigenvalue weighted by Gasteiger charge is -2.16. The van der Waals surface area contributed by atoms with Crippen LogP contribution in [0.5, 0.6) is 0 Å². The minimum atomic E-state index is -0.955. The van der Waals surface area contributed by atoms with Gasteiger partial charge in [-0.15, -0.1) is 0 Å². The second-order valence-corrected chi connectivity index (χ2v) is 3.28. The molecule has 0 aliphatic carbocycles. The molecule has 6 heteroatoms. The predicted octanol–water partition coefficient (Wildman–Crippen LogP) is 1.13. The van der Waals surface area contributed by atoms with E-state index in [0.29, 0.717) is 12.8 Å². The summed E-state index contributed by atoms with van der Waals surface area (Å²) in [4.78, 5) is 22.1. The first-order valence-electron chi connectivity index (χ1n) is 5.34. The molecule has 0 saturated heterocycles. The highest BCUT2D eigenvalue weighted by molar-refractivity contribution is 5.70. The molecule has 0 rings (SSSR count). The summed E-state index contributed by atoms with van der Waals surface area (Å²) in [7, 11) is 0. The van der Waals surface area contributed by atoms with Gasteiger partial charge in [-0.1, -0.05) is 13.8 Å². The minimum Gasteiger partial charge on any atom is -0.425 e. The van der Waals surface area contributed by atoms with E-state index < -0.39 is 24.6 Å². The molecule has 0 aromatic carbocycles. The summed E-state index contributed by atoms with van der Waals surface area (Å²) < 4.78 is 9.46. The molecule has 0 aromatic heterocycles. The highest BCUT2D eigenvalue weighted by Gasteiger charge is 2.14. The molecule has 0 bridgehead atoms. The Morgan fingerprint density at radius 3 is 2.44 bits per heavy atom. The molecule has 0 radical (unpaired) electrons. The van der Waals surface area contributed by atoms with Crippen LogP contribution in [0.2, 0.25) is 0 Å². The number of ether oxygens (including phenoxy) is 2. The van der Waals surface area contributed by atoms with E-state index in [1.54, 1.807) is 6.92 Å². The van der Waals surface area contributed by atoms with E-state index in [2.05, 4.69) is 10.1 Å². The van der Waals surface area contributed by atoms with Crippen molar-refractivity contribution in [1.82, 2.24) is 5.32 Å². The van der Waals surface area contributed by atoms with Crippen LogP contribution in [0.25, 0.3) is 0 Å². The van der Waals surface area contributed by atoms with Gasteiger partial charge in [0, 0.05) is 13.3 Å². The van der Waals surface area contributed by atoms with Crippen molar-refractivity contribution in [3.05, 3.63) is 0 Å². The van der Waals surface area contributed by atoms with Crippen LogP contribution >= 0.6 is 0 Å². The SMILES string of the molecule is CCCC(=O)OC(C)OC(=O)NC(O)CC. The number of alkyl carbamates (subject to hydrolysis) is 1. The molecule has 6 nitrogen and oxygen atoms in total. The summed E-state index contributed by atoms with van der Waals surface area (Å²) in [6.45, 7) is 4.98. The van der Waals surface area contributed by atoms with Crippen molar-refractivity contribution in [3.8, 4) is 0 Å². The summed E-state index contributed by atoms with van der Waals surface area (Å²) in [5, 5.41) is 11.3. The van der Waals surface area contributed by atoms with Crippen molar-refractivity contribution in [2.45, 2.75) is 52.6 Å². The quantitative estimate of drug-likeness (QED) is 0.530. The predicted molar refractivity (Wildman–Crippen MR) is 56.4 cm³/mol. The maximum absolute atomic E-state index is 11.1. The smallest absolute Gasteiger partial charge is 0.412 e. The van der Waals surface area contributed by atoms with Crippen LogP contribution in [0.1, 0.15) is 40.0 Å². The Morgan fingerprint density at radius 2 is 1.94 bits per heavy atom. The van der Waals surface area contributed by atoms with Crippen molar-refractivity contribution >= 4 is 12.1 Å². The zero-order valence-electron chi connectivity index (χ0n) is 9.86. The maximum atomic E-state index is 11.1. The molecule has 0 aliphatic rings. The van der Waals surface area contributed by atoms with E-state index in [9.17, 15) is 9.59 Å². The van der Waals surface area contributed by atoms with E-state index >= 15 is 0 Å². The van der Waals surface area contributed by atoms with Crippen LogP contribution in [-0.4, -0.2) is 29.7 Å². The molecule has 94 valence electrons. The zero-order chi connectivity index (χ0) is 12.6. The van der Waals surface area contributed by atoms with Crippen LogP contribution in [-0.2, 0) is 14.3 Å². The van der Waals surface area contributed by atoms with Gasteiger partial charge < -0.3 is 14.6 Å². The average Bonchev–Trinajstić information content (AvgIpc) is 2.16. The molecule has 0 spiro atoms. The van der Waals surface area contributed by atoms with E-state index in [4.69, 9.17) is 9.84 Å². The van der Waals surface area contributed by atoms with Gasteiger partial charge in [0.2, 0.25) is 6.29 Å².